The molecule has 0 aliphatic heterocycles. The van der Waals surface area contributed by atoms with Crippen LogP contribution in [0, 0.1) is 0 Å². The largest absolute Gasteiger partial charge is 0.497 e. The van der Waals surface area contributed by atoms with Crippen LogP contribution in [0.5, 0.6) is 5.75 Å². The summed E-state index contributed by atoms with van der Waals surface area (Å²) in [5.74, 6) is 0.716. The second-order valence-electron chi connectivity index (χ2n) is 5.19. The number of aromatic nitrogens is 2. The van der Waals surface area contributed by atoms with Crippen LogP contribution in [0.2, 0.25) is 10.0 Å². The molecule has 0 aliphatic carbocycles. The fourth-order valence-corrected chi connectivity index (χ4v) is 3.96. The number of carbonyl (C=O) groups excluding carboxylic acids is 1. The van der Waals surface area contributed by atoms with Crippen molar-refractivity contribution in [2.45, 2.75) is 4.34 Å². The summed E-state index contributed by atoms with van der Waals surface area (Å²) in [7, 11) is 1.61. The van der Waals surface area contributed by atoms with Crippen LogP contribution in [0.3, 0.4) is 0 Å². The molecule has 0 bridgehead atoms. The monoisotopic (exact) mass is 440 g/mol. The van der Waals surface area contributed by atoms with E-state index >= 15 is 0 Å². The van der Waals surface area contributed by atoms with Crippen LogP contribution in [0.15, 0.2) is 46.8 Å². The van der Waals surface area contributed by atoms with Crippen molar-refractivity contribution in [3.05, 3.63) is 52.5 Å². The van der Waals surface area contributed by atoms with E-state index in [9.17, 15) is 4.79 Å². The van der Waals surface area contributed by atoms with Gasteiger partial charge in [0.2, 0.25) is 11.0 Å². The van der Waals surface area contributed by atoms with E-state index in [0.29, 0.717) is 25.2 Å². The number of anilines is 3. The Balaban J connectivity index is 1.54. The number of thioether (sulfide) groups is 1. The van der Waals surface area contributed by atoms with Crippen molar-refractivity contribution in [1.82, 2.24) is 10.2 Å². The number of hydrogen-bond donors (Lipinski definition) is 2. The number of nitrogens with zero attached hydrogens (tertiary/aromatic N) is 2. The summed E-state index contributed by atoms with van der Waals surface area (Å²) in [6, 6.07) is 12.4. The first-order chi connectivity index (χ1) is 13.0. The Hall–Kier alpha value is -2.00. The molecule has 2 aromatic carbocycles. The van der Waals surface area contributed by atoms with Gasteiger partial charge in [-0.25, -0.2) is 0 Å². The highest BCUT2D eigenvalue weighted by Crippen LogP contribution is 2.29. The molecule has 0 aliphatic rings. The molecule has 10 heteroatoms. The molecule has 2 N–H and O–H groups in total. The fourth-order valence-electron chi connectivity index (χ4n) is 2.05. The summed E-state index contributed by atoms with van der Waals surface area (Å²) in [6.07, 6.45) is 0. The lowest BCUT2D eigenvalue weighted by molar-refractivity contribution is -0.113. The van der Waals surface area contributed by atoms with Crippen molar-refractivity contribution in [1.29, 1.82) is 0 Å². The molecule has 0 fully saturated rings. The standard InChI is InChI=1S/C17H14Cl2N4O2S2/c1-25-12-4-2-3-11(8-12)20-16-22-23-17(27-16)26-9-15(24)21-14-7-10(18)5-6-13(14)19/h2-8H,9H2,1H3,(H,20,22)(H,21,24). The molecule has 0 saturated heterocycles. The van der Waals surface area contributed by atoms with E-state index in [2.05, 4.69) is 20.8 Å². The Bertz CT molecular complexity index is 952. The maximum Gasteiger partial charge on any atom is 0.234 e. The number of carbonyl (C=O) groups is 1. The molecule has 0 unspecified atom stereocenters. The van der Waals surface area contributed by atoms with E-state index in [0.717, 1.165) is 11.4 Å². The SMILES string of the molecule is COc1cccc(Nc2nnc(SCC(=O)Nc3cc(Cl)ccc3Cl)s2)c1. The van der Waals surface area contributed by atoms with Gasteiger partial charge in [0, 0.05) is 16.8 Å². The minimum absolute atomic E-state index is 0.177. The molecule has 1 aromatic heterocycles. The molecule has 1 amide bonds. The molecule has 0 atom stereocenters. The number of ether oxygens (including phenoxy) is 1. The average molecular weight is 441 g/mol. The molecule has 1 heterocycles. The van der Waals surface area contributed by atoms with Crippen molar-refractivity contribution in [3.63, 3.8) is 0 Å². The molecule has 3 aromatic rings. The van der Waals surface area contributed by atoms with Gasteiger partial charge in [0.05, 0.1) is 23.6 Å². The Morgan fingerprint density at radius 2 is 2.07 bits per heavy atom. The lowest BCUT2D eigenvalue weighted by Crippen LogP contribution is -2.14. The molecule has 0 spiro atoms. The molecular formula is C17H14Cl2N4O2S2. The molecule has 0 saturated carbocycles. The highest BCUT2D eigenvalue weighted by molar-refractivity contribution is 8.01. The van der Waals surface area contributed by atoms with Crippen LogP contribution in [0.4, 0.5) is 16.5 Å². The van der Waals surface area contributed by atoms with E-state index in [1.54, 1.807) is 25.3 Å². The summed E-state index contributed by atoms with van der Waals surface area (Å²) in [5, 5.41) is 15.6. The lowest BCUT2D eigenvalue weighted by Gasteiger charge is -2.06. The van der Waals surface area contributed by atoms with E-state index < -0.39 is 0 Å². The smallest absolute Gasteiger partial charge is 0.234 e. The van der Waals surface area contributed by atoms with E-state index in [1.165, 1.54) is 23.1 Å². The number of nitrogens with one attached hydrogen (secondary N) is 2. The van der Waals surface area contributed by atoms with Crippen molar-refractivity contribution in [3.8, 4) is 5.75 Å². The number of rotatable bonds is 7. The second kappa shape index (κ2) is 9.27. The summed E-state index contributed by atoms with van der Waals surface area (Å²) in [6.45, 7) is 0. The Morgan fingerprint density at radius 3 is 2.89 bits per heavy atom. The van der Waals surface area contributed by atoms with Crippen molar-refractivity contribution in [2.24, 2.45) is 0 Å². The van der Waals surface area contributed by atoms with Crippen molar-refractivity contribution in [2.75, 3.05) is 23.5 Å². The fraction of sp³-hybridized carbons (Fsp3) is 0.118. The zero-order chi connectivity index (χ0) is 19.2. The van der Waals surface area contributed by atoms with Crippen LogP contribution in [0.25, 0.3) is 0 Å². The average Bonchev–Trinajstić information content (AvgIpc) is 3.10. The maximum atomic E-state index is 12.1. The summed E-state index contributed by atoms with van der Waals surface area (Å²) in [5.41, 5.74) is 1.32. The molecule has 0 radical (unpaired) electrons. The van der Waals surface area contributed by atoms with Gasteiger partial charge in [0.15, 0.2) is 4.34 Å². The number of amides is 1. The number of hydrogen-bond acceptors (Lipinski definition) is 7. The molecular weight excluding hydrogens is 427 g/mol. The highest BCUT2D eigenvalue weighted by Gasteiger charge is 2.11. The Morgan fingerprint density at radius 1 is 1.22 bits per heavy atom. The van der Waals surface area contributed by atoms with E-state index in [-0.39, 0.29) is 11.7 Å². The number of halogens is 2. The van der Waals surface area contributed by atoms with Gasteiger partial charge in [-0.1, -0.05) is 52.4 Å². The van der Waals surface area contributed by atoms with Gasteiger partial charge in [-0.3, -0.25) is 4.79 Å². The molecule has 27 heavy (non-hydrogen) atoms. The first kappa shape index (κ1) is 19.8. The van der Waals surface area contributed by atoms with Gasteiger partial charge in [-0.2, -0.15) is 0 Å². The predicted molar refractivity (Wildman–Crippen MR) is 112 cm³/mol. The van der Waals surface area contributed by atoms with E-state index in [4.69, 9.17) is 27.9 Å². The van der Waals surface area contributed by atoms with Crippen LogP contribution >= 0.6 is 46.3 Å². The normalized spacial score (nSPS) is 10.5. The van der Waals surface area contributed by atoms with Gasteiger partial charge >= 0.3 is 0 Å². The Labute approximate surface area is 174 Å². The first-order valence-corrected chi connectivity index (χ1v) is 10.2. The quantitative estimate of drug-likeness (QED) is 0.483. The van der Waals surface area contributed by atoms with Crippen LogP contribution in [0.1, 0.15) is 0 Å². The third-order valence-corrected chi connectivity index (χ3v) is 5.79. The molecule has 6 nitrogen and oxygen atoms in total. The zero-order valence-corrected chi connectivity index (χ0v) is 17.2. The van der Waals surface area contributed by atoms with Crippen LogP contribution in [-0.2, 0) is 4.79 Å². The highest BCUT2D eigenvalue weighted by atomic mass is 35.5. The van der Waals surface area contributed by atoms with Gasteiger partial charge < -0.3 is 15.4 Å². The van der Waals surface area contributed by atoms with Crippen molar-refractivity contribution >= 4 is 68.7 Å². The van der Waals surface area contributed by atoms with Gasteiger partial charge in [-0.05, 0) is 30.3 Å². The van der Waals surface area contributed by atoms with Gasteiger partial charge in [0.1, 0.15) is 5.75 Å². The third kappa shape index (κ3) is 5.74. The lowest BCUT2D eigenvalue weighted by atomic mass is 10.3. The topological polar surface area (TPSA) is 76.1 Å². The van der Waals surface area contributed by atoms with Gasteiger partial charge in [0.25, 0.3) is 0 Å². The third-order valence-electron chi connectivity index (χ3n) is 3.26. The second-order valence-corrected chi connectivity index (χ2v) is 8.23. The van der Waals surface area contributed by atoms with Crippen molar-refractivity contribution < 1.29 is 9.53 Å². The number of methoxy groups -OCH3 is 1. The van der Waals surface area contributed by atoms with Crippen LogP contribution < -0.4 is 15.4 Å². The van der Waals surface area contributed by atoms with E-state index in [1.807, 2.05) is 24.3 Å². The number of benzene rings is 2. The minimum atomic E-state index is -0.207. The zero-order valence-electron chi connectivity index (χ0n) is 14.0. The Kier molecular flexibility index (Phi) is 6.78. The maximum absolute atomic E-state index is 12.1. The first-order valence-electron chi connectivity index (χ1n) is 7.66. The molecule has 3 rings (SSSR count). The minimum Gasteiger partial charge on any atom is -0.497 e. The van der Waals surface area contributed by atoms with Gasteiger partial charge in [-0.15, -0.1) is 10.2 Å². The summed E-state index contributed by atoms with van der Waals surface area (Å²) < 4.78 is 5.86. The molecule has 140 valence electrons. The predicted octanol–water partition coefficient (Wildman–Crippen LogP) is 5.33. The van der Waals surface area contributed by atoms with Crippen LogP contribution in [-0.4, -0.2) is 29.0 Å². The summed E-state index contributed by atoms with van der Waals surface area (Å²) in [4.78, 5) is 12.1. The summed E-state index contributed by atoms with van der Waals surface area (Å²) >= 11 is 14.6.